The third-order valence-electron chi connectivity index (χ3n) is 2.70. The zero-order valence-electron chi connectivity index (χ0n) is 10.8. The fourth-order valence-corrected chi connectivity index (χ4v) is 3.75. The number of nitrogens with two attached hydrogens (primary N) is 1. The predicted octanol–water partition coefficient (Wildman–Crippen LogP) is 2.96. The first-order chi connectivity index (χ1) is 9.17. The van der Waals surface area contributed by atoms with Crippen LogP contribution in [0.3, 0.4) is 0 Å². The van der Waals surface area contributed by atoms with E-state index in [2.05, 4.69) is 16.0 Å². The summed E-state index contributed by atoms with van der Waals surface area (Å²) in [6, 6.07) is 6.12. The number of pyridine rings is 1. The van der Waals surface area contributed by atoms with Crippen molar-refractivity contribution in [1.82, 2.24) is 4.98 Å². The highest BCUT2D eigenvalue weighted by molar-refractivity contribution is 7.99. The normalized spacial score (nSPS) is 10.2. The molecule has 0 aromatic carbocycles. The molecule has 19 heavy (non-hydrogen) atoms. The Morgan fingerprint density at radius 3 is 2.74 bits per heavy atom. The van der Waals surface area contributed by atoms with Crippen LogP contribution < -0.4 is 10.6 Å². The van der Waals surface area contributed by atoms with Gasteiger partial charge in [-0.25, -0.2) is 0 Å². The van der Waals surface area contributed by atoms with Crippen molar-refractivity contribution in [3.63, 3.8) is 0 Å². The van der Waals surface area contributed by atoms with Crippen molar-refractivity contribution in [3.8, 4) is 6.07 Å². The van der Waals surface area contributed by atoms with E-state index in [0.717, 1.165) is 16.4 Å². The fraction of sp³-hybridized carbons (Fsp3) is 0.231. The first-order valence-electron chi connectivity index (χ1n) is 5.63. The lowest BCUT2D eigenvalue weighted by Gasteiger charge is -2.18. The van der Waals surface area contributed by atoms with Crippen LogP contribution in [0.15, 0.2) is 29.4 Å². The summed E-state index contributed by atoms with van der Waals surface area (Å²) in [5.74, 6) is 0. The van der Waals surface area contributed by atoms with Crippen molar-refractivity contribution in [2.75, 3.05) is 23.9 Å². The van der Waals surface area contributed by atoms with Gasteiger partial charge in [-0.2, -0.15) is 5.26 Å². The second-order valence-electron chi connectivity index (χ2n) is 4.01. The Morgan fingerprint density at radius 2 is 2.16 bits per heavy atom. The van der Waals surface area contributed by atoms with E-state index in [1.807, 2.05) is 25.4 Å². The first kappa shape index (κ1) is 13.7. The van der Waals surface area contributed by atoms with Crippen molar-refractivity contribution in [2.45, 2.75) is 11.4 Å². The van der Waals surface area contributed by atoms with E-state index in [0.29, 0.717) is 10.6 Å². The Kier molecular flexibility index (Phi) is 4.30. The number of nitrogens with zero attached hydrogens (tertiary/aromatic N) is 3. The average Bonchev–Trinajstić information content (AvgIpc) is 2.76. The van der Waals surface area contributed by atoms with Gasteiger partial charge in [-0.3, -0.25) is 4.98 Å². The first-order valence-corrected chi connectivity index (χ1v) is 7.68. The van der Waals surface area contributed by atoms with E-state index < -0.39 is 0 Å². The molecule has 2 aromatic heterocycles. The minimum absolute atomic E-state index is 0.584. The van der Waals surface area contributed by atoms with Gasteiger partial charge in [0.1, 0.15) is 15.9 Å². The van der Waals surface area contributed by atoms with E-state index in [4.69, 9.17) is 11.0 Å². The van der Waals surface area contributed by atoms with Crippen LogP contribution in [0.4, 0.5) is 10.7 Å². The van der Waals surface area contributed by atoms with E-state index in [1.165, 1.54) is 16.9 Å². The van der Waals surface area contributed by atoms with Crippen molar-refractivity contribution in [3.05, 3.63) is 35.0 Å². The summed E-state index contributed by atoms with van der Waals surface area (Å²) >= 11 is 3.02. The summed E-state index contributed by atoms with van der Waals surface area (Å²) in [5.41, 5.74) is 7.76. The highest BCUT2D eigenvalue weighted by Gasteiger charge is 2.18. The number of aromatic nitrogens is 1. The van der Waals surface area contributed by atoms with E-state index >= 15 is 0 Å². The SMILES string of the molecule is CSc1c(N(C)Cc2ccncc2)sc(C#N)c1N. The molecule has 0 saturated heterocycles. The highest BCUT2D eigenvalue weighted by Crippen LogP contribution is 2.43. The molecule has 0 unspecified atom stereocenters. The van der Waals surface area contributed by atoms with Gasteiger partial charge in [-0.05, 0) is 24.0 Å². The molecule has 2 N–H and O–H groups in total. The minimum atomic E-state index is 0.584. The standard InChI is InChI=1S/C13H14N4S2/c1-17(8-9-3-5-16-6-4-9)13-12(18-2)11(15)10(7-14)19-13/h3-6H,8,15H2,1-2H3. The molecule has 6 heteroatoms. The van der Waals surface area contributed by atoms with Crippen LogP contribution >= 0.6 is 23.1 Å². The van der Waals surface area contributed by atoms with Crippen molar-refractivity contribution >= 4 is 33.8 Å². The monoisotopic (exact) mass is 290 g/mol. The van der Waals surface area contributed by atoms with Crippen LogP contribution in [0.5, 0.6) is 0 Å². The third-order valence-corrected chi connectivity index (χ3v) is 4.88. The van der Waals surface area contributed by atoms with E-state index in [-0.39, 0.29) is 0 Å². The van der Waals surface area contributed by atoms with Gasteiger partial charge in [-0.1, -0.05) is 0 Å². The molecular weight excluding hydrogens is 276 g/mol. The van der Waals surface area contributed by atoms with Crippen molar-refractivity contribution in [2.24, 2.45) is 0 Å². The molecule has 98 valence electrons. The molecule has 0 spiro atoms. The maximum Gasteiger partial charge on any atom is 0.131 e. The molecule has 0 fully saturated rings. The fourth-order valence-electron chi connectivity index (χ4n) is 1.78. The summed E-state index contributed by atoms with van der Waals surface area (Å²) < 4.78 is 0. The van der Waals surface area contributed by atoms with Crippen LogP contribution in [0.2, 0.25) is 0 Å². The molecule has 0 aliphatic heterocycles. The maximum absolute atomic E-state index is 9.07. The molecule has 0 aliphatic carbocycles. The molecule has 2 heterocycles. The zero-order chi connectivity index (χ0) is 13.8. The minimum Gasteiger partial charge on any atom is -0.396 e. The summed E-state index contributed by atoms with van der Waals surface area (Å²) in [4.78, 5) is 7.69. The topological polar surface area (TPSA) is 65.9 Å². The number of rotatable bonds is 4. The van der Waals surface area contributed by atoms with Crippen LogP contribution in [-0.4, -0.2) is 18.3 Å². The van der Waals surface area contributed by atoms with Gasteiger partial charge in [0.25, 0.3) is 0 Å². The molecule has 0 radical (unpaired) electrons. The predicted molar refractivity (Wildman–Crippen MR) is 81.6 cm³/mol. The van der Waals surface area contributed by atoms with Gasteiger partial charge < -0.3 is 10.6 Å². The lowest BCUT2D eigenvalue weighted by molar-refractivity contribution is 0.921. The largest absolute Gasteiger partial charge is 0.396 e. The molecule has 4 nitrogen and oxygen atoms in total. The molecule has 0 bridgehead atoms. The number of nitrogen functional groups attached to an aromatic ring is 1. The number of thiophene rings is 1. The third kappa shape index (κ3) is 2.83. The highest BCUT2D eigenvalue weighted by atomic mass is 32.2. The average molecular weight is 290 g/mol. The lowest BCUT2D eigenvalue weighted by Crippen LogP contribution is -2.15. The molecule has 2 rings (SSSR count). The van der Waals surface area contributed by atoms with Gasteiger partial charge >= 0.3 is 0 Å². The number of anilines is 2. The zero-order valence-corrected chi connectivity index (χ0v) is 12.4. The van der Waals surface area contributed by atoms with Crippen LogP contribution in [0, 0.1) is 11.3 Å². The van der Waals surface area contributed by atoms with Gasteiger partial charge in [0.2, 0.25) is 0 Å². The Labute approximate surface area is 120 Å². The van der Waals surface area contributed by atoms with Gasteiger partial charge in [0, 0.05) is 26.0 Å². The molecule has 2 aromatic rings. The lowest BCUT2D eigenvalue weighted by atomic mass is 10.2. The Balaban J connectivity index is 2.29. The summed E-state index contributed by atoms with van der Waals surface area (Å²) in [5, 5.41) is 10.1. The molecule has 0 atom stereocenters. The van der Waals surface area contributed by atoms with Crippen LogP contribution in [0.25, 0.3) is 0 Å². The van der Waals surface area contributed by atoms with Crippen LogP contribution in [-0.2, 0) is 6.54 Å². The summed E-state index contributed by atoms with van der Waals surface area (Å²) in [7, 11) is 2.01. The summed E-state index contributed by atoms with van der Waals surface area (Å²) in [6.07, 6.45) is 5.54. The second kappa shape index (κ2) is 5.95. The summed E-state index contributed by atoms with van der Waals surface area (Å²) in [6.45, 7) is 0.765. The number of nitriles is 1. The Bertz CT molecular complexity index is 601. The van der Waals surface area contributed by atoms with Gasteiger partial charge in [0.15, 0.2) is 0 Å². The Hall–Kier alpha value is -1.71. The quantitative estimate of drug-likeness (QED) is 0.877. The second-order valence-corrected chi connectivity index (χ2v) is 5.82. The van der Waals surface area contributed by atoms with Crippen molar-refractivity contribution in [1.29, 1.82) is 5.26 Å². The maximum atomic E-state index is 9.07. The number of hydrogen-bond donors (Lipinski definition) is 1. The number of hydrogen-bond acceptors (Lipinski definition) is 6. The molecule has 0 amide bonds. The van der Waals surface area contributed by atoms with E-state index in [1.54, 1.807) is 24.2 Å². The molecular formula is C13H14N4S2. The van der Waals surface area contributed by atoms with Crippen LogP contribution in [0.1, 0.15) is 10.4 Å². The molecule has 0 aliphatic rings. The van der Waals surface area contributed by atoms with Gasteiger partial charge in [0.05, 0.1) is 10.6 Å². The Morgan fingerprint density at radius 1 is 1.47 bits per heavy atom. The smallest absolute Gasteiger partial charge is 0.131 e. The van der Waals surface area contributed by atoms with Crippen molar-refractivity contribution < 1.29 is 0 Å². The number of thioether (sulfide) groups is 1. The van der Waals surface area contributed by atoms with E-state index in [9.17, 15) is 0 Å². The van der Waals surface area contributed by atoms with Gasteiger partial charge in [-0.15, -0.1) is 23.1 Å². The molecule has 0 saturated carbocycles.